The highest BCUT2D eigenvalue weighted by Gasteiger charge is 2.32. The van der Waals surface area contributed by atoms with E-state index in [1.54, 1.807) is 46.8 Å². The second-order valence-electron chi connectivity index (χ2n) is 7.07. The third-order valence-corrected chi connectivity index (χ3v) is 7.47. The maximum atomic E-state index is 13.0. The van der Waals surface area contributed by atoms with Crippen LogP contribution in [0, 0.1) is 6.92 Å². The standard InChI is InChI=1S/C20H19Cl2N5O3S/c1-14-19(23-24-27(14)17-6-2-4-15(21)12-17)20(28)25-8-10-26(11-9-25)31(29,30)18-7-3-5-16(22)13-18/h2-7,12-13H,8-11H2,1H3. The molecule has 162 valence electrons. The van der Waals surface area contributed by atoms with Gasteiger partial charge in [0, 0.05) is 36.2 Å². The SMILES string of the molecule is Cc1c(C(=O)N2CCN(S(=O)(=O)c3cccc(Cl)c3)CC2)nnn1-c1cccc(Cl)c1. The molecule has 4 rings (SSSR count). The van der Waals surface area contributed by atoms with E-state index in [2.05, 4.69) is 10.3 Å². The van der Waals surface area contributed by atoms with Crippen molar-refractivity contribution in [2.24, 2.45) is 0 Å². The number of rotatable bonds is 4. The normalized spacial score (nSPS) is 15.3. The number of halogens is 2. The third-order valence-electron chi connectivity index (χ3n) is 5.11. The summed E-state index contributed by atoms with van der Waals surface area (Å²) in [5, 5.41) is 9.05. The topological polar surface area (TPSA) is 88.4 Å². The van der Waals surface area contributed by atoms with Gasteiger partial charge in [0.15, 0.2) is 5.69 Å². The number of hydrogen-bond acceptors (Lipinski definition) is 5. The number of carbonyl (C=O) groups excluding carboxylic acids is 1. The van der Waals surface area contributed by atoms with Gasteiger partial charge in [-0.15, -0.1) is 5.10 Å². The Morgan fingerprint density at radius 1 is 0.968 bits per heavy atom. The molecule has 1 aliphatic heterocycles. The molecular weight excluding hydrogens is 461 g/mol. The fraction of sp³-hybridized carbons (Fsp3) is 0.250. The summed E-state index contributed by atoms with van der Waals surface area (Å²) in [6.07, 6.45) is 0. The van der Waals surface area contributed by atoms with E-state index in [9.17, 15) is 13.2 Å². The van der Waals surface area contributed by atoms with Gasteiger partial charge in [0.05, 0.1) is 16.3 Å². The predicted octanol–water partition coefficient (Wildman–Crippen LogP) is 3.03. The van der Waals surface area contributed by atoms with Gasteiger partial charge in [0.1, 0.15) is 0 Å². The number of nitrogens with zero attached hydrogens (tertiary/aromatic N) is 5. The average Bonchev–Trinajstić information content (AvgIpc) is 3.14. The lowest BCUT2D eigenvalue weighted by atomic mass is 10.2. The fourth-order valence-corrected chi connectivity index (χ4v) is 5.35. The highest BCUT2D eigenvalue weighted by Crippen LogP contribution is 2.22. The van der Waals surface area contributed by atoms with Crippen LogP contribution in [0.3, 0.4) is 0 Å². The number of benzene rings is 2. The van der Waals surface area contributed by atoms with Crippen molar-refractivity contribution >= 4 is 39.1 Å². The molecule has 31 heavy (non-hydrogen) atoms. The lowest BCUT2D eigenvalue weighted by Gasteiger charge is -2.33. The Hall–Kier alpha value is -2.46. The number of amides is 1. The van der Waals surface area contributed by atoms with Crippen molar-refractivity contribution in [3.05, 3.63) is 70.0 Å². The first-order chi connectivity index (χ1) is 14.8. The minimum absolute atomic E-state index is 0.139. The van der Waals surface area contributed by atoms with Crippen molar-refractivity contribution in [3.63, 3.8) is 0 Å². The lowest BCUT2D eigenvalue weighted by Crippen LogP contribution is -2.50. The van der Waals surface area contributed by atoms with Crippen LogP contribution in [0.1, 0.15) is 16.2 Å². The van der Waals surface area contributed by atoms with E-state index in [0.717, 1.165) is 0 Å². The minimum atomic E-state index is -3.68. The summed E-state index contributed by atoms with van der Waals surface area (Å²) in [6.45, 7) is 2.63. The molecule has 0 atom stereocenters. The van der Waals surface area contributed by atoms with Crippen LogP contribution in [0.5, 0.6) is 0 Å². The molecule has 3 aromatic rings. The summed E-state index contributed by atoms with van der Waals surface area (Å²) >= 11 is 12.0. The average molecular weight is 480 g/mol. The highest BCUT2D eigenvalue weighted by atomic mass is 35.5. The van der Waals surface area contributed by atoms with Crippen LogP contribution in [-0.2, 0) is 10.0 Å². The van der Waals surface area contributed by atoms with Gasteiger partial charge in [-0.2, -0.15) is 4.31 Å². The Labute approximate surface area is 190 Å². The quantitative estimate of drug-likeness (QED) is 0.573. The van der Waals surface area contributed by atoms with Crippen molar-refractivity contribution in [2.45, 2.75) is 11.8 Å². The Balaban J connectivity index is 1.48. The first-order valence-electron chi connectivity index (χ1n) is 9.50. The summed E-state index contributed by atoms with van der Waals surface area (Å²) in [5.74, 6) is -0.286. The smallest absolute Gasteiger partial charge is 0.276 e. The molecule has 0 saturated carbocycles. The second-order valence-corrected chi connectivity index (χ2v) is 9.88. The van der Waals surface area contributed by atoms with E-state index in [1.807, 2.05) is 6.07 Å². The lowest BCUT2D eigenvalue weighted by molar-refractivity contribution is 0.0691. The van der Waals surface area contributed by atoms with Gasteiger partial charge in [-0.3, -0.25) is 4.79 Å². The van der Waals surface area contributed by atoms with Crippen LogP contribution in [0.15, 0.2) is 53.4 Å². The predicted molar refractivity (Wildman–Crippen MR) is 117 cm³/mol. The Kier molecular flexibility index (Phi) is 6.02. The van der Waals surface area contributed by atoms with Crippen LogP contribution in [0.2, 0.25) is 10.0 Å². The zero-order chi connectivity index (χ0) is 22.2. The highest BCUT2D eigenvalue weighted by molar-refractivity contribution is 7.89. The number of hydrogen-bond donors (Lipinski definition) is 0. The van der Waals surface area contributed by atoms with E-state index >= 15 is 0 Å². The van der Waals surface area contributed by atoms with E-state index in [4.69, 9.17) is 23.2 Å². The fourth-order valence-electron chi connectivity index (χ4n) is 3.44. The Bertz CT molecular complexity index is 1240. The Morgan fingerprint density at radius 3 is 2.26 bits per heavy atom. The van der Waals surface area contributed by atoms with Gasteiger partial charge in [0.2, 0.25) is 10.0 Å². The molecule has 0 aliphatic carbocycles. The van der Waals surface area contributed by atoms with Crippen LogP contribution in [0.25, 0.3) is 5.69 Å². The van der Waals surface area contributed by atoms with Crippen LogP contribution in [-0.4, -0.2) is 64.7 Å². The molecule has 0 spiro atoms. The molecule has 1 saturated heterocycles. The number of carbonyl (C=O) groups is 1. The van der Waals surface area contributed by atoms with Gasteiger partial charge < -0.3 is 4.90 Å². The maximum Gasteiger partial charge on any atom is 0.276 e. The number of piperazine rings is 1. The molecule has 0 bridgehead atoms. The maximum absolute atomic E-state index is 13.0. The van der Waals surface area contributed by atoms with Crippen molar-refractivity contribution in [2.75, 3.05) is 26.2 Å². The second kappa shape index (κ2) is 8.58. The van der Waals surface area contributed by atoms with Crippen molar-refractivity contribution < 1.29 is 13.2 Å². The van der Waals surface area contributed by atoms with Gasteiger partial charge >= 0.3 is 0 Å². The number of aromatic nitrogens is 3. The van der Waals surface area contributed by atoms with E-state index in [0.29, 0.717) is 21.4 Å². The van der Waals surface area contributed by atoms with Crippen LogP contribution < -0.4 is 0 Å². The molecule has 2 heterocycles. The largest absolute Gasteiger partial charge is 0.335 e. The van der Waals surface area contributed by atoms with Gasteiger partial charge in [0.25, 0.3) is 5.91 Å². The minimum Gasteiger partial charge on any atom is -0.335 e. The first-order valence-corrected chi connectivity index (χ1v) is 11.7. The molecule has 8 nitrogen and oxygen atoms in total. The zero-order valence-electron chi connectivity index (χ0n) is 16.6. The first kappa shape index (κ1) is 21.8. The monoisotopic (exact) mass is 479 g/mol. The molecule has 0 N–H and O–H groups in total. The van der Waals surface area contributed by atoms with E-state index in [1.165, 1.54) is 16.4 Å². The van der Waals surface area contributed by atoms with Crippen molar-refractivity contribution in [1.82, 2.24) is 24.2 Å². The molecule has 1 amide bonds. The zero-order valence-corrected chi connectivity index (χ0v) is 18.9. The van der Waals surface area contributed by atoms with E-state index < -0.39 is 10.0 Å². The van der Waals surface area contributed by atoms with Crippen molar-refractivity contribution in [3.8, 4) is 5.69 Å². The summed E-state index contributed by atoms with van der Waals surface area (Å²) < 4.78 is 28.6. The van der Waals surface area contributed by atoms with Gasteiger partial charge in [-0.25, -0.2) is 13.1 Å². The Morgan fingerprint density at radius 2 is 1.61 bits per heavy atom. The molecule has 11 heteroatoms. The molecule has 1 aliphatic rings. The molecule has 2 aromatic carbocycles. The molecule has 1 fully saturated rings. The van der Waals surface area contributed by atoms with Crippen LogP contribution in [0.4, 0.5) is 0 Å². The number of sulfonamides is 1. The van der Waals surface area contributed by atoms with Gasteiger partial charge in [-0.05, 0) is 43.3 Å². The summed E-state index contributed by atoms with van der Waals surface area (Å²) in [6, 6.07) is 13.2. The van der Waals surface area contributed by atoms with E-state index in [-0.39, 0.29) is 42.7 Å². The van der Waals surface area contributed by atoms with Crippen molar-refractivity contribution in [1.29, 1.82) is 0 Å². The molecule has 0 unspecified atom stereocenters. The molecule has 0 radical (unpaired) electrons. The third kappa shape index (κ3) is 4.31. The molecule has 1 aromatic heterocycles. The van der Waals surface area contributed by atoms with Crippen LogP contribution >= 0.6 is 23.2 Å². The summed E-state index contributed by atoms with van der Waals surface area (Å²) in [4.78, 5) is 14.7. The molecular formula is C20H19Cl2N5O3S. The summed E-state index contributed by atoms with van der Waals surface area (Å²) in [7, 11) is -3.68. The van der Waals surface area contributed by atoms with Gasteiger partial charge in [-0.1, -0.05) is 40.5 Å². The summed E-state index contributed by atoms with van der Waals surface area (Å²) in [5.41, 5.74) is 1.52.